The van der Waals surface area contributed by atoms with E-state index in [-0.39, 0.29) is 0 Å². The highest BCUT2D eigenvalue weighted by Crippen LogP contribution is 2.13. The molecule has 0 saturated heterocycles. The number of urea groups is 1. The highest BCUT2D eigenvalue weighted by Gasteiger charge is 2.04. The second-order valence-corrected chi connectivity index (χ2v) is 3.04. The Morgan fingerprint density at radius 3 is 3.06 bits per heavy atom. The normalized spacial score (nSPS) is 10.2. The van der Waals surface area contributed by atoms with Crippen molar-refractivity contribution in [2.45, 2.75) is 0 Å². The number of nitrogens with one attached hydrogen (secondary N) is 3. The van der Waals surface area contributed by atoms with Gasteiger partial charge in [0.05, 0.1) is 6.33 Å². The van der Waals surface area contributed by atoms with E-state index < -0.39 is 6.03 Å². The van der Waals surface area contributed by atoms with Gasteiger partial charge in [-0.1, -0.05) is 0 Å². The smallest absolute Gasteiger partial charge is 0.312 e. The average Bonchev–Trinajstić information content (AvgIpc) is 2.72. The van der Waals surface area contributed by atoms with Crippen LogP contribution in [0.2, 0.25) is 0 Å². The quantitative estimate of drug-likeness (QED) is 0.515. The van der Waals surface area contributed by atoms with Crippen LogP contribution in [0.4, 0.5) is 10.6 Å². The van der Waals surface area contributed by atoms with Gasteiger partial charge >= 0.3 is 6.03 Å². The monoisotopic (exact) mass is 221 g/mol. The number of carbonyl (C=O) groups excluding carboxylic acids is 1. The zero-order chi connectivity index (χ0) is 11.4. The van der Waals surface area contributed by atoms with Gasteiger partial charge in [-0.2, -0.15) is 0 Å². The van der Waals surface area contributed by atoms with Crippen LogP contribution in [0.5, 0.6) is 0 Å². The molecule has 16 heavy (non-hydrogen) atoms. The Morgan fingerprint density at radius 1 is 1.38 bits per heavy atom. The number of nitrogens with two attached hydrogens (primary N) is 1. The summed E-state index contributed by atoms with van der Waals surface area (Å²) >= 11 is 0. The van der Waals surface area contributed by atoms with Gasteiger partial charge in [0, 0.05) is 13.1 Å². The van der Waals surface area contributed by atoms with E-state index >= 15 is 0 Å². The molecule has 0 aliphatic carbocycles. The third-order valence-electron chi connectivity index (χ3n) is 1.94. The Balaban J connectivity index is 1.98. The van der Waals surface area contributed by atoms with Gasteiger partial charge in [0.1, 0.15) is 11.8 Å². The van der Waals surface area contributed by atoms with Crippen molar-refractivity contribution in [3.63, 3.8) is 0 Å². The maximum absolute atomic E-state index is 10.4. The van der Waals surface area contributed by atoms with Crippen LogP contribution in [-0.2, 0) is 0 Å². The molecule has 5 N–H and O–H groups in total. The third kappa shape index (κ3) is 2.16. The number of carbonyl (C=O) groups is 1. The lowest BCUT2D eigenvalue weighted by atomic mass is 10.5. The lowest BCUT2D eigenvalue weighted by Gasteiger charge is -2.05. The van der Waals surface area contributed by atoms with Gasteiger partial charge in [-0.05, 0) is 0 Å². The number of rotatable bonds is 4. The first-order valence-corrected chi connectivity index (χ1v) is 4.68. The van der Waals surface area contributed by atoms with E-state index in [1.807, 2.05) is 0 Å². The molecule has 2 rings (SSSR count). The number of aromatic nitrogens is 4. The number of aromatic amines is 1. The molecule has 0 saturated carbocycles. The minimum absolute atomic E-state index is 0.426. The van der Waals surface area contributed by atoms with Crippen molar-refractivity contribution in [2.24, 2.45) is 5.73 Å². The van der Waals surface area contributed by atoms with Crippen molar-refractivity contribution in [1.29, 1.82) is 0 Å². The molecule has 0 spiro atoms. The van der Waals surface area contributed by atoms with E-state index in [0.717, 1.165) is 5.52 Å². The SMILES string of the molecule is NC(=O)NCCNc1ncnc2nc[nH]c12. The van der Waals surface area contributed by atoms with Crippen LogP contribution in [0.1, 0.15) is 0 Å². The standard InChI is InChI=1S/C8H11N7O/c9-8(16)11-2-1-10-6-5-7(13-3-12-5)15-4-14-6/h3-4H,1-2H2,(H3,9,11,16)(H2,10,12,13,14,15). The molecule has 0 unspecified atom stereocenters. The van der Waals surface area contributed by atoms with Crippen molar-refractivity contribution < 1.29 is 4.79 Å². The highest BCUT2D eigenvalue weighted by atomic mass is 16.2. The maximum atomic E-state index is 10.4. The second-order valence-electron chi connectivity index (χ2n) is 3.04. The maximum Gasteiger partial charge on any atom is 0.312 e. The summed E-state index contributed by atoms with van der Waals surface area (Å²) in [7, 11) is 0. The molecule has 0 fully saturated rings. The predicted octanol–water partition coefficient (Wildman–Crippen LogP) is -0.567. The van der Waals surface area contributed by atoms with Gasteiger partial charge in [0.25, 0.3) is 0 Å². The van der Waals surface area contributed by atoms with Gasteiger partial charge in [-0.3, -0.25) is 0 Å². The Bertz CT molecular complexity index is 494. The molecule has 0 aliphatic rings. The first-order chi connectivity index (χ1) is 7.77. The van der Waals surface area contributed by atoms with E-state index in [1.165, 1.54) is 6.33 Å². The van der Waals surface area contributed by atoms with E-state index in [0.29, 0.717) is 24.6 Å². The Hall–Kier alpha value is -2.38. The van der Waals surface area contributed by atoms with E-state index in [9.17, 15) is 4.79 Å². The highest BCUT2D eigenvalue weighted by molar-refractivity contribution is 5.81. The number of hydrogen-bond acceptors (Lipinski definition) is 5. The van der Waals surface area contributed by atoms with Gasteiger partial charge in [-0.15, -0.1) is 0 Å². The Labute approximate surface area is 90.7 Å². The van der Waals surface area contributed by atoms with Crippen LogP contribution in [0, 0.1) is 0 Å². The van der Waals surface area contributed by atoms with Crippen LogP contribution in [0.25, 0.3) is 11.2 Å². The van der Waals surface area contributed by atoms with Gasteiger partial charge in [0.15, 0.2) is 11.5 Å². The van der Waals surface area contributed by atoms with Crippen molar-refractivity contribution in [2.75, 3.05) is 18.4 Å². The lowest BCUT2D eigenvalue weighted by molar-refractivity contribution is 0.249. The van der Waals surface area contributed by atoms with Gasteiger partial charge in [0.2, 0.25) is 0 Å². The van der Waals surface area contributed by atoms with Crippen molar-refractivity contribution in [3.05, 3.63) is 12.7 Å². The van der Waals surface area contributed by atoms with Crippen molar-refractivity contribution >= 4 is 23.0 Å². The molecular formula is C8H11N7O. The van der Waals surface area contributed by atoms with Gasteiger partial charge in [-0.25, -0.2) is 19.7 Å². The second kappa shape index (κ2) is 4.43. The number of anilines is 1. The van der Waals surface area contributed by atoms with E-state index in [2.05, 4.69) is 30.6 Å². The zero-order valence-corrected chi connectivity index (χ0v) is 8.40. The first-order valence-electron chi connectivity index (χ1n) is 4.68. The molecule has 0 radical (unpaired) electrons. The molecule has 0 aliphatic heterocycles. The summed E-state index contributed by atoms with van der Waals surface area (Å²) < 4.78 is 0. The molecule has 8 nitrogen and oxygen atoms in total. The molecule has 2 heterocycles. The Kier molecular flexibility index (Phi) is 2.81. The summed E-state index contributed by atoms with van der Waals surface area (Å²) in [5.74, 6) is 0.647. The number of amides is 2. The molecule has 2 amide bonds. The molecular weight excluding hydrogens is 210 g/mol. The number of H-pyrrole nitrogens is 1. The third-order valence-corrected chi connectivity index (χ3v) is 1.94. The summed E-state index contributed by atoms with van der Waals surface area (Å²) in [5, 5.41) is 5.50. The van der Waals surface area contributed by atoms with Crippen LogP contribution >= 0.6 is 0 Å². The Morgan fingerprint density at radius 2 is 2.25 bits per heavy atom. The molecule has 0 aromatic carbocycles. The predicted molar refractivity (Wildman–Crippen MR) is 57.8 cm³/mol. The van der Waals surface area contributed by atoms with E-state index in [1.54, 1.807) is 6.33 Å². The summed E-state index contributed by atoms with van der Waals surface area (Å²) in [6, 6.07) is -0.545. The average molecular weight is 221 g/mol. The molecule has 2 aromatic rings. The molecule has 2 aromatic heterocycles. The number of imidazole rings is 1. The van der Waals surface area contributed by atoms with Crippen molar-refractivity contribution in [1.82, 2.24) is 25.3 Å². The molecule has 8 heteroatoms. The summed E-state index contributed by atoms with van der Waals surface area (Å²) in [6.07, 6.45) is 2.97. The van der Waals surface area contributed by atoms with Crippen LogP contribution in [0.15, 0.2) is 12.7 Å². The number of fused-ring (bicyclic) bond motifs is 1. The lowest BCUT2D eigenvalue weighted by Crippen LogP contribution is -2.33. The van der Waals surface area contributed by atoms with Crippen molar-refractivity contribution in [3.8, 4) is 0 Å². The summed E-state index contributed by atoms with van der Waals surface area (Å²) in [6.45, 7) is 0.947. The largest absolute Gasteiger partial charge is 0.366 e. The summed E-state index contributed by atoms with van der Waals surface area (Å²) in [4.78, 5) is 25.4. The van der Waals surface area contributed by atoms with Crippen LogP contribution in [-0.4, -0.2) is 39.1 Å². The molecule has 84 valence electrons. The summed E-state index contributed by atoms with van der Waals surface area (Å²) in [5.41, 5.74) is 6.26. The number of nitrogens with zero attached hydrogens (tertiary/aromatic N) is 3. The van der Waals surface area contributed by atoms with Crippen LogP contribution in [0.3, 0.4) is 0 Å². The molecule has 0 atom stereocenters. The van der Waals surface area contributed by atoms with Gasteiger partial charge < -0.3 is 21.4 Å². The minimum atomic E-state index is -0.545. The number of primary amides is 1. The number of hydrogen-bond donors (Lipinski definition) is 4. The van der Waals surface area contributed by atoms with Crippen LogP contribution < -0.4 is 16.4 Å². The van der Waals surface area contributed by atoms with E-state index in [4.69, 9.17) is 5.73 Å². The molecule has 0 bridgehead atoms. The fraction of sp³-hybridized carbons (Fsp3) is 0.250. The first kappa shape index (κ1) is 10.1. The fourth-order valence-electron chi connectivity index (χ4n) is 1.27. The fourth-order valence-corrected chi connectivity index (χ4v) is 1.27. The zero-order valence-electron chi connectivity index (χ0n) is 8.40. The topological polar surface area (TPSA) is 122 Å². The minimum Gasteiger partial charge on any atom is -0.366 e.